The molecule has 0 radical (unpaired) electrons. The minimum absolute atomic E-state index is 0.0811. The molecule has 2 heteroatoms. The quantitative estimate of drug-likeness (QED) is 0.550. The fraction of sp³-hybridized carbons (Fsp3) is 0.227. The zero-order chi connectivity index (χ0) is 17.2. The Morgan fingerprint density at radius 3 is 2.46 bits per heavy atom. The van der Waals surface area contributed by atoms with Gasteiger partial charge in [0.25, 0.3) is 0 Å². The van der Waals surface area contributed by atoms with E-state index in [1.54, 1.807) is 6.08 Å². The number of aldehydes is 1. The summed E-state index contributed by atoms with van der Waals surface area (Å²) in [6.45, 7) is 4.40. The molecular weight excluding hydrogens is 299 g/mol. The van der Waals surface area contributed by atoms with E-state index in [1.165, 1.54) is 23.3 Å². The molecule has 0 unspecified atom stereocenters. The molecule has 0 saturated carbocycles. The molecule has 24 heavy (non-hydrogen) atoms. The van der Waals surface area contributed by atoms with Crippen molar-refractivity contribution in [3.05, 3.63) is 88.8 Å². The third kappa shape index (κ3) is 3.09. The highest BCUT2D eigenvalue weighted by molar-refractivity contribution is 5.87. The highest BCUT2D eigenvalue weighted by Gasteiger charge is 2.29. The van der Waals surface area contributed by atoms with Gasteiger partial charge in [0.05, 0.1) is 0 Å². The molecule has 0 fully saturated rings. The highest BCUT2D eigenvalue weighted by atomic mass is 19.1. The Morgan fingerprint density at radius 1 is 1.04 bits per heavy atom. The number of benzene rings is 2. The molecule has 0 saturated heterocycles. The molecule has 0 atom stereocenters. The van der Waals surface area contributed by atoms with Gasteiger partial charge >= 0.3 is 0 Å². The lowest BCUT2D eigenvalue weighted by Gasteiger charge is -2.27. The Balaban J connectivity index is 2.34. The number of carbonyl (C=O) groups excluding carboxylic acids is 1. The maximum Gasteiger partial charge on any atom is 0.142 e. The van der Waals surface area contributed by atoms with Crippen LogP contribution in [0, 0.1) is 11.2 Å². The van der Waals surface area contributed by atoms with Crippen molar-refractivity contribution in [3.63, 3.8) is 0 Å². The maximum absolute atomic E-state index is 13.4. The average molecular weight is 320 g/mol. The summed E-state index contributed by atoms with van der Waals surface area (Å²) in [7, 11) is 0. The normalized spacial score (nSPS) is 16.8. The minimum atomic E-state index is -0.245. The van der Waals surface area contributed by atoms with Crippen LogP contribution in [0.1, 0.15) is 37.0 Å². The molecule has 1 aliphatic rings. The predicted molar refractivity (Wildman–Crippen MR) is 96.2 cm³/mol. The first-order chi connectivity index (χ1) is 11.5. The summed E-state index contributed by atoms with van der Waals surface area (Å²) < 4.78 is 13.4. The van der Waals surface area contributed by atoms with Gasteiger partial charge in [-0.25, -0.2) is 4.39 Å². The monoisotopic (exact) mass is 320 g/mol. The zero-order valence-corrected chi connectivity index (χ0v) is 14.1. The molecule has 0 amide bonds. The predicted octanol–water partition coefficient (Wildman–Crippen LogP) is 5.36. The lowest BCUT2D eigenvalue weighted by Crippen LogP contribution is -2.15. The van der Waals surface area contributed by atoms with Gasteiger partial charge in [0.2, 0.25) is 0 Å². The van der Waals surface area contributed by atoms with Crippen LogP contribution in [0.5, 0.6) is 0 Å². The van der Waals surface area contributed by atoms with Crippen LogP contribution in [0.3, 0.4) is 0 Å². The van der Waals surface area contributed by atoms with Gasteiger partial charge in [-0.05, 0) is 64.3 Å². The van der Waals surface area contributed by atoms with Crippen LogP contribution in [0.25, 0.3) is 5.57 Å². The first-order valence-corrected chi connectivity index (χ1v) is 8.24. The summed E-state index contributed by atoms with van der Waals surface area (Å²) >= 11 is 0. The summed E-state index contributed by atoms with van der Waals surface area (Å²) in [6, 6.07) is 15.0. The lowest BCUT2D eigenvalue weighted by atomic mass is 9.77. The standard InChI is InChI=1S/C22H21FO/c1-22(2)14-13-16-6-3-4-7-19(16)21(20(22)8-5-15-24)17-9-11-18(23)12-10-17/h3-12,15H,13-14H2,1-2H3. The lowest BCUT2D eigenvalue weighted by molar-refractivity contribution is -0.104. The van der Waals surface area contributed by atoms with Gasteiger partial charge in [-0.2, -0.15) is 0 Å². The van der Waals surface area contributed by atoms with Crippen molar-refractivity contribution in [2.75, 3.05) is 0 Å². The molecule has 0 bridgehead atoms. The van der Waals surface area contributed by atoms with E-state index in [2.05, 4.69) is 32.0 Å². The number of rotatable bonds is 3. The molecule has 2 aromatic carbocycles. The van der Waals surface area contributed by atoms with Crippen LogP contribution < -0.4 is 0 Å². The Bertz CT molecular complexity index is 810. The second kappa shape index (κ2) is 6.56. The van der Waals surface area contributed by atoms with Crippen molar-refractivity contribution < 1.29 is 9.18 Å². The van der Waals surface area contributed by atoms with E-state index >= 15 is 0 Å². The molecule has 2 aromatic rings. The van der Waals surface area contributed by atoms with E-state index in [1.807, 2.05) is 24.3 Å². The highest BCUT2D eigenvalue weighted by Crippen LogP contribution is 2.44. The molecule has 122 valence electrons. The van der Waals surface area contributed by atoms with Crippen LogP contribution >= 0.6 is 0 Å². The van der Waals surface area contributed by atoms with Crippen LogP contribution in [-0.2, 0) is 11.2 Å². The fourth-order valence-corrected chi connectivity index (χ4v) is 3.42. The maximum atomic E-state index is 13.4. The zero-order valence-electron chi connectivity index (χ0n) is 14.1. The molecule has 3 rings (SSSR count). The molecular formula is C22H21FO. The molecule has 0 aromatic heterocycles. The number of hydrogen-bond acceptors (Lipinski definition) is 1. The largest absolute Gasteiger partial charge is 0.299 e. The smallest absolute Gasteiger partial charge is 0.142 e. The number of hydrogen-bond donors (Lipinski definition) is 0. The van der Waals surface area contributed by atoms with Gasteiger partial charge in [-0.3, -0.25) is 4.79 Å². The first kappa shape index (κ1) is 16.4. The fourth-order valence-electron chi connectivity index (χ4n) is 3.42. The molecule has 1 nitrogen and oxygen atoms in total. The van der Waals surface area contributed by atoms with Crippen molar-refractivity contribution in [1.82, 2.24) is 0 Å². The molecule has 1 aliphatic carbocycles. The topological polar surface area (TPSA) is 17.1 Å². The molecule has 0 aliphatic heterocycles. The Morgan fingerprint density at radius 2 is 1.75 bits per heavy atom. The summed E-state index contributed by atoms with van der Waals surface area (Å²) in [6.07, 6.45) is 6.24. The van der Waals surface area contributed by atoms with E-state index in [0.29, 0.717) is 0 Å². The summed E-state index contributed by atoms with van der Waals surface area (Å²) in [4.78, 5) is 10.9. The van der Waals surface area contributed by atoms with Gasteiger partial charge in [0, 0.05) is 0 Å². The average Bonchev–Trinajstić information content (AvgIpc) is 2.69. The van der Waals surface area contributed by atoms with Crippen LogP contribution in [0.4, 0.5) is 4.39 Å². The van der Waals surface area contributed by atoms with E-state index in [-0.39, 0.29) is 11.2 Å². The van der Waals surface area contributed by atoms with E-state index < -0.39 is 0 Å². The number of aryl methyl sites for hydroxylation is 1. The minimum Gasteiger partial charge on any atom is -0.299 e. The van der Waals surface area contributed by atoms with Crippen LogP contribution in [0.15, 0.2) is 66.3 Å². The van der Waals surface area contributed by atoms with E-state index in [9.17, 15) is 9.18 Å². The van der Waals surface area contributed by atoms with Gasteiger partial charge in [0.15, 0.2) is 0 Å². The van der Waals surface area contributed by atoms with Gasteiger partial charge in [-0.15, -0.1) is 0 Å². The number of fused-ring (bicyclic) bond motifs is 1. The second-order valence-corrected chi connectivity index (χ2v) is 6.83. The van der Waals surface area contributed by atoms with Crippen LogP contribution in [0.2, 0.25) is 0 Å². The van der Waals surface area contributed by atoms with E-state index in [4.69, 9.17) is 0 Å². The second-order valence-electron chi connectivity index (χ2n) is 6.83. The molecule has 0 spiro atoms. The van der Waals surface area contributed by atoms with Gasteiger partial charge < -0.3 is 0 Å². The number of carbonyl (C=O) groups is 1. The van der Waals surface area contributed by atoms with Crippen molar-refractivity contribution in [2.24, 2.45) is 5.41 Å². The summed E-state index contributed by atoms with van der Waals surface area (Å²) in [5.74, 6) is -0.245. The number of halogens is 1. The van der Waals surface area contributed by atoms with Gasteiger partial charge in [0.1, 0.15) is 12.1 Å². The van der Waals surface area contributed by atoms with Crippen molar-refractivity contribution in [3.8, 4) is 0 Å². The summed E-state index contributed by atoms with van der Waals surface area (Å²) in [5.41, 5.74) is 5.56. The number of allylic oxidation sites excluding steroid dienone is 3. The molecule has 0 heterocycles. The van der Waals surface area contributed by atoms with Crippen molar-refractivity contribution >= 4 is 11.9 Å². The Labute approximate surface area is 142 Å². The summed E-state index contributed by atoms with van der Waals surface area (Å²) in [5, 5.41) is 0. The SMILES string of the molecule is CC1(C)CCc2ccccc2C(c2ccc(F)cc2)=C1C=CC=O. The van der Waals surface area contributed by atoms with Crippen molar-refractivity contribution in [2.45, 2.75) is 26.7 Å². The Hall–Kier alpha value is -2.48. The van der Waals surface area contributed by atoms with Crippen LogP contribution in [-0.4, -0.2) is 6.29 Å². The first-order valence-electron chi connectivity index (χ1n) is 8.24. The third-order valence-electron chi connectivity index (χ3n) is 4.78. The van der Waals surface area contributed by atoms with Crippen molar-refractivity contribution in [1.29, 1.82) is 0 Å². The third-order valence-corrected chi connectivity index (χ3v) is 4.78. The molecule has 0 N–H and O–H groups in total. The van der Waals surface area contributed by atoms with E-state index in [0.717, 1.165) is 35.8 Å². The van der Waals surface area contributed by atoms with Gasteiger partial charge in [-0.1, -0.05) is 56.3 Å². The Kier molecular flexibility index (Phi) is 4.48.